The summed E-state index contributed by atoms with van der Waals surface area (Å²) in [6.45, 7) is 7.21. The molecule has 2 fully saturated rings. The fourth-order valence-electron chi connectivity index (χ4n) is 2.33. The molecule has 0 spiro atoms. The van der Waals surface area contributed by atoms with Gasteiger partial charge in [-0.2, -0.15) is 0 Å². The summed E-state index contributed by atoms with van der Waals surface area (Å²) in [7, 11) is 0. The first-order valence-corrected chi connectivity index (χ1v) is 7.75. The molecule has 0 radical (unpaired) electrons. The van der Waals surface area contributed by atoms with Crippen molar-refractivity contribution in [2.75, 3.05) is 19.8 Å². The number of thiophene rings is 1. The minimum absolute atomic E-state index is 0.550. The van der Waals surface area contributed by atoms with Crippen LogP contribution in [0.3, 0.4) is 0 Å². The van der Waals surface area contributed by atoms with Gasteiger partial charge in [-0.25, -0.2) is 0 Å². The standard InChI is InChI=1S/C14H22N2OS/c1-11-10-17-7-6-16(11)9-14-5-4-13(18-14)8-15-12-2-3-12/h4-5,11-12,15H,2-3,6-10H2,1H3. The fraction of sp³-hybridized carbons (Fsp3) is 0.714. The number of hydrogen-bond donors (Lipinski definition) is 1. The lowest BCUT2D eigenvalue weighted by Crippen LogP contribution is -2.42. The van der Waals surface area contributed by atoms with E-state index in [4.69, 9.17) is 4.74 Å². The second-order valence-electron chi connectivity index (χ2n) is 5.42. The number of morpholine rings is 1. The Morgan fingerprint density at radius 3 is 3.00 bits per heavy atom. The molecular weight excluding hydrogens is 244 g/mol. The van der Waals surface area contributed by atoms with Crippen LogP contribution in [0.1, 0.15) is 29.5 Å². The first-order valence-electron chi connectivity index (χ1n) is 6.94. The molecule has 1 aromatic rings. The number of rotatable bonds is 5. The summed E-state index contributed by atoms with van der Waals surface area (Å²) in [4.78, 5) is 5.47. The Kier molecular flexibility index (Phi) is 3.99. The van der Waals surface area contributed by atoms with E-state index >= 15 is 0 Å². The molecule has 3 rings (SSSR count). The maximum atomic E-state index is 5.48. The Hall–Kier alpha value is -0.420. The third-order valence-electron chi connectivity index (χ3n) is 3.72. The van der Waals surface area contributed by atoms with E-state index in [1.807, 2.05) is 11.3 Å². The van der Waals surface area contributed by atoms with Crippen LogP contribution < -0.4 is 5.32 Å². The van der Waals surface area contributed by atoms with E-state index in [1.54, 1.807) is 0 Å². The van der Waals surface area contributed by atoms with E-state index in [1.165, 1.54) is 22.6 Å². The van der Waals surface area contributed by atoms with E-state index in [0.29, 0.717) is 6.04 Å². The maximum Gasteiger partial charge on any atom is 0.0619 e. The van der Waals surface area contributed by atoms with E-state index in [0.717, 1.165) is 38.9 Å². The van der Waals surface area contributed by atoms with Crippen molar-refractivity contribution in [1.29, 1.82) is 0 Å². The van der Waals surface area contributed by atoms with Gasteiger partial charge in [0, 0.05) is 41.5 Å². The van der Waals surface area contributed by atoms with Crippen LogP contribution in [-0.2, 0) is 17.8 Å². The highest BCUT2D eigenvalue weighted by Crippen LogP contribution is 2.23. The summed E-state index contributed by atoms with van der Waals surface area (Å²) < 4.78 is 5.48. The van der Waals surface area contributed by atoms with Gasteiger partial charge in [0.1, 0.15) is 0 Å². The fourth-order valence-corrected chi connectivity index (χ4v) is 3.33. The van der Waals surface area contributed by atoms with Gasteiger partial charge < -0.3 is 10.1 Å². The molecule has 100 valence electrons. The summed E-state index contributed by atoms with van der Waals surface area (Å²) in [6, 6.07) is 5.92. The monoisotopic (exact) mass is 266 g/mol. The Bertz CT molecular complexity index is 389. The smallest absolute Gasteiger partial charge is 0.0619 e. The molecule has 0 bridgehead atoms. The van der Waals surface area contributed by atoms with Crippen LogP contribution in [0.2, 0.25) is 0 Å². The Balaban J connectivity index is 1.51. The van der Waals surface area contributed by atoms with Crippen LogP contribution in [0, 0.1) is 0 Å². The number of nitrogens with one attached hydrogen (secondary N) is 1. The molecule has 2 heterocycles. The van der Waals surface area contributed by atoms with Crippen molar-refractivity contribution in [2.45, 2.75) is 44.9 Å². The molecule has 1 atom stereocenters. The van der Waals surface area contributed by atoms with E-state index in [9.17, 15) is 0 Å². The summed E-state index contributed by atoms with van der Waals surface area (Å²) in [5.41, 5.74) is 0. The summed E-state index contributed by atoms with van der Waals surface area (Å²) in [5.74, 6) is 0. The number of ether oxygens (including phenoxy) is 1. The van der Waals surface area contributed by atoms with Gasteiger partial charge in [-0.1, -0.05) is 0 Å². The first kappa shape index (κ1) is 12.6. The lowest BCUT2D eigenvalue weighted by Gasteiger charge is -2.32. The largest absolute Gasteiger partial charge is 0.379 e. The van der Waals surface area contributed by atoms with Crippen LogP contribution in [0.4, 0.5) is 0 Å². The zero-order chi connectivity index (χ0) is 12.4. The molecule has 1 aliphatic heterocycles. The van der Waals surface area contributed by atoms with Crippen LogP contribution >= 0.6 is 11.3 Å². The van der Waals surface area contributed by atoms with Crippen molar-refractivity contribution in [3.8, 4) is 0 Å². The van der Waals surface area contributed by atoms with Gasteiger partial charge in [0.2, 0.25) is 0 Å². The van der Waals surface area contributed by atoms with Gasteiger partial charge in [-0.3, -0.25) is 4.90 Å². The molecule has 1 aromatic heterocycles. The van der Waals surface area contributed by atoms with Crippen LogP contribution in [0.25, 0.3) is 0 Å². The van der Waals surface area contributed by atoms with Crippen molar-refractivity contribution in [1.82, 2.24) is 10.2 Å². The van der Waals surface area contributed by atoms with Gasteiger partial charge in [0.15, 0.2) is 0 Å². The molecule has 3 nitrogen and oxygen atoms in total. The van der Waals surface area contributed by atoms with Crippen molar-refractivity contribution in [3.05, 3.63) is 21.9 Å². The summed E-state index contributed by atoms with van der Waals surface area (Å²) >= 11 is 1.95. The molecule has 1 saturated heterocycles. The molecule has 0 amide bonds. The molecule has 1 unspecified atom stereocenters. The van der Waals surface area contributed by atoms with Crippen molar-refractivity contribution in [3.63, 3.8) is 0 Å². The lowest BCUT2D eigenvalue weighted by molar-refractivity contribution is -0.00391. The normalized spacial score (nSPS) is 25.5. The van der Waals surface area contributed by atoms with Gasteiger partial charge in [0.05, 0.1) is 13.2 Å². The van der Waals surface area contributed by atoms with Crippen LogP contribution in [0.5, 0.6) is 0 Å². The van der Waals surface area contributed by atoms with Gasteiger partial charge >= 0.3 is 0 Å². The van der Waals surface area contributed by atoms with E-state index in [-0.39, 0.29) is 0 Å². The summed E-state index contributed by atoms with van der Waals surface area (Å²) in [5, 5.41) is 3.58. The molecule has 1 N–H and O–H groups in total. The molecule has 4 heteroatoms. The second-order valence-corrected chi connectivity index (χ2v) is 6.67. The van der Waals surface area contributed by atoms with E-state index < -0.39 is 0 Å². The maximum absolute atomic E-state index is 5.48. The number of hydrogen-bond acceptors (Lipinski definition) is 4. The molecule has 2 aliphatic rings. The second kappa shape index (κ2) is 5.70. The minimum atomic E-state index is 0.550. The Morgan fingerprint density at radius 2 is 2.22 bits per heavy atom. The predicted octanol–water partition coefficient (Wildman–Crippen LogP) is 2.22. The molecule has 0 aromatic carbocycles. The molecule has 18 heavy (non-hydrogen) atoms. The van der Waals surface area contributed by atoms with Gasteiger partial charge in [0.25, 0.3) is 0 Å². The zero-order valence-electron chi connectivity index (χ0n) is 11.0. The quantitative estimate of drug-likeness (QED) is 0.884. The summed E-state index contributed by atoms with van der Waals surface area (Å²) in [6.07, 6.45) is 2.73. The van der Waals surface area contributed by atoms with Crippen molar-refractivity contribution >= 4 is 11.3 Å². The van der Waals surface area contributed by atoms with Crippen molar-refractivity contribution < 1.29 is 4.74 Å². The highest BCUT2D eigenvalue weighted by molar-refractivity contribution is 7.11. The highest BCUT2D eigenvalue weighted by atomic mass is 32.1. The van der Waals surface area contributed by atoms with Crippen LogP contribution in [0.15, 0.2) is 12.1 Å². The van der Waals surface area contributed by atoms with Gasteiger partial charge in [-0.15, -0.1) is 11.3 Å². The molecule has 1 aliphatic carbocycles. The molecular formula is C14H22N2OS. The van der Waals surface area contributed by atoms with Gasteiger partial charge in [-0.05, 0) is 31.9 Å². The van der Waals surface area contributed by atoms with Crippen LogP contribution in [-0.4, -0.2) is 36.7 Å². The third kappa shape index (κ3) is 3.32. The highest BCUT2D eigenvalue weighted by Gasteiger charge is 2.21. The molecule has 1 saturated carbocycles. The minimum Gasteiger partial charge on any atom is -0.379 e. The predicted molar refractivity (Wildman–Crippen MR) is 74.9 cm³/mol. The number of nitrogens with zero attached hydrogens (tertiary/aromatic N) is 1. The Morgan fingerprint density at radius 1 is 1.39 bits per heavy atom. The SMILES string of the molecule is CC1COCCN1Cc1ccc(CNC2CC2)s1. The Labute approximate surface area is 113 Å². The topological polar surface area (TPSA) is 24.5 Å². The zero-order valence-corrected chi connectivity index (χ0v) is 11.8. The first-order chi connectivity index (χ1) is 8.81. The lowest BCUT2D eigenvalue weighted by atomic mass is 10.2. The average Bonchev–Trinajstić information content (AvgIpc) is 3.10. The third-order valence-corrected chi connectivity index (χ3v) is 4.79. The average molecular weight is 266 g/mol. The van der Waals surface area contributed by atoms with Crippen molar-refractivity contribution in [2.24, 2.45) is 0 Å². The van der Waals surface area contributed by atoms with E-state index in [2.05, 4.69) is 29.3 Å².